The second-order valence-corrected chi connectivity index (χ2v) is 11.7. The average molecular weight is 682 g/mol. The number of nitrogens with one attached hydrogen (secondary N) is 2. The van der Waals surface area contributed by atoms with Crippen molar-refractivity contribution in [2.45, 2.75) is 38.9 Å². The normalized spacial score (nSPS) is 10.7. The summed E-state index contributed by atoms with van der Waals surface area (Å²) in [6.07, 6.45) is 0.155. The van der Waals surface area contributed by atoms with E-state index < -0.39 is 17.8 Å². The van der Waals surface area contributed by atoms with Crippen molar-refractivity contribution in [3.05, 3.63) is 75.9 Å². The van der Waals surface area contributed by atoms with Crippen LogP contribution in [-0.4, -0.2) is 71.7 Å². The summed E-state index contributed by atoms with van der Waals surface area (Å²) in [4.78, 5) is 51.4. The molecule has 0 atom stereocenters. The number of thiophene rings is 1. The molecule has 2 aromatic heterocycles. The fourth-order valence-corrected chi connectivity index (χ4v) is 6.34. The summed E-state index contributed by atoms with van der Waals surface area (Å²) in [5.41, 5.74) is 1.89. The molecule has 0 unspecified atom stereocenters. The third-order valence-electron chi connectivity index (χ3n) is 6.67. The molecule has 0 spiro atoms. The Hall–Kier alpha value is -4.89. The molecule has 0 aliphatic carbocycles. The van der Waals surface area contributed by atoms with E-state index in [1.807, 2.05) is 30.3 Å². The van der Waals surface area contributed by atoms with Crippen LogP contribution < -0.4 is 20.1 Å². The number of esters is 2. The number of methoxy groups -OCH3 is 2. The van der Waals surface area contributed by atoms with Gasteiger partial charge in [-0.05, 0) is 56.2 Å². The van der Waals surface area contributed by atoms with E-state index in [9.17, 15) is 19.2 Å². The molecule has 2 heterocycles. The molecule has 47 heavy (non-hydrogen) atoms. The number of para-hydroxylation sites is 2. The number of rotatable bonds is 15. The molecule has 0 saturated heterocycles. The first-order valence-corrected chi connectivity index (χ1v) is 16.4. The van der Waals surface area contributed by atoms with Crippen LogP contribution in [0.25, 0.3) is 5.69 Å². The van der Waals surface area contributed by atoms with Crippen LogP contribution in [0.3, 0.4) is 0 Å². The number of ether oxygens (including phenoxy) is 4. The van der Waals surface area contributed by atoms with Crippen molar-refractivity contribution in [2.24, 2.45) is 0 Å². The third-order valence-corrected chi connectivity index (χ3v) is 8.78. The molecule has 2 amide bonds. The van der Waals surface area contributed by atoms with Crippen molar-refractivity contribution in [1.82, 2.24) is 20.1 Å². The molecule has 0 aliphatic heterocycles. The maximum Gasteiger partial charge on any atom is 0.348 e. The molecule has 15 heteroatoms. The van der Waals surface area contributed by atoms with E-state index in [-0.39, 0.29) is 53.3 Å². The largest absolute Gasteiger partial charge is 0.497 e. The van der Waals surface area contributed by atoms with Crippen LogP contribution in [-0.2, 0) is 32.0 Å². The quantitative estimate of drug-likeness (QED) is 0.133. The maximum absolute atomic E-state index is 13.2. The van der Waals surface area contributed by atoms with Gasteiger partial charge in [-0.1, -0.05) is 36.0 Å². The predicted molar refractivity (Wildman–Crippen MR) is 177 cm³/mol. The maximum atomic E-state index is 13.2. The molecule has 0 saturated carbocycles. The number of hydrogen-bond acceptors (Lipinski definition) is 12. The Morgan fingerprint density at radius 2 is 1.60 bits per heavy atom. The highest BCUT2D eigenvalue weighted by atomic mass is 32.2. The zero-order valence-electron chi connectivity index (χ0n) is 26.6. The number of thioether (sulfide) groups is 1. The van der Waals surface area contributed by atoms with E-state index in [1.54, 1.807) is 50.6 Å². The molecule has 0 fully saturated rings. The number of hydrogen-bond donors (Lipinski definition) is 2. The summed E-state index contributed by atoms with van der Waals surface area (Å²) >= 11 is 2.04. The van der Waals surface area contributed by atoms with Gasteiger partial charge in [0, 0.05) is 0 Å². The van der Waals surface area contributed by atoms with Crippen LogP contribution in [0.15, 0.2) is 53.7 Å². The summed E-state index contributed by atoms with van der Waals surface area (Å²) in [5, 5.41) is 14.8. The number of benzene rings is 2. The van der Waals surface area contributed by atoms with Gasteiger partial charge in [0.1, 0.15) is 21.4 Å². The van der Waals surface area contributed by atoms with Crippen LogP contribution in [0.1, 0.15) is 50.8 Å². The first-order chi connectivity index (χ1) is 22.7. The predicted octanol–water partition coefficient (Wildman–Crippen LogP) is 4.60. The molecule has 2 N–H and O–H groups in total. The fourth-order valence-electron chi connectivity index (χ4n) is 4.47. The van der Waals surface area contributed by atoms with E-state index in [1.165, 1.54) is 7.11 Å². The van der Waals surface area contributed by atoms with Gasteiger partial charge in [0.25, 0.3) is 0 Å². The number of amides is 2. The number of aromatic nitrogens is 3. The zero-order valence-corrected chi connectivity index (χ0v) is 28.2. The Balaban J connectivity index is 1.53. The zero-order chi connectivity index (χ0) is 33.9. The van der Waals surface area contributed by atoms with Crippen LogP contribution >= 0.6 is 23.1 Å². The van der Waals surface area contributed by atoms with E-state index in [4.69, 9.17) is 18.9 Å². The molecule has 2 aromatic carbocycles. The summed E-state index contributed by atoms with van der Waals surface area (Å²) < 4.78 is 22.8. The van der Waals surface area contributed by atoms with Gasteiger partial charge in [-0.25, -0.2) is 9.59 Å². The van der Waals surface area contributed by atoms with E-state index >= 15 is 0 Å². The molecule has 0 aliphatic rings. The van der Waals surface area contributed by atoms with Crippen LogP contribution in [0, 0.1) is 6.92 Å². The number of nitrogens with zero attached hydrogens (tertiary/aromatic N) is 3. The number of carbonyl (C=O) groups excluding carboxylic acids is 4. The summed E-state index contributed by atoms with van der Waals surface area (Å²) in [7, 11) is 3.11. The Bertz CT molecular complexity index is 1740. The lowest BCUT2D eigenvalue weighted by molar-refractivity contribution is -0.120. The van der Waals surface area contributed by atoms with E-state index in [0.29, 0.717) is 33.7 Å². The summed E-state index contributed by atoms with van der Waals surface area (Å²) in [5.74, 6) is -0.403. The monoisotopic (exact) mass is 681 g/mol. The molecule has 13 nitrogen and oxygen atoms in total. The Labute approximate surface area is 280 Å². The molecule has 248 valence electrons. The third kappa shape index (κ3) is 8.68. The molecule has 0 bridgehead atoms. The highest BCUT2D eigenvalue weighted by Crippen LogP contribution is 2.35. The van der Waals surface area contributed by atoms with Gasteiger partial charge in [0.05, 0.1) is 57.4 Å². The van der Waals surface area contributed by atoms with Crippen molar-refractivity contribution < 1.29 is 38.1 Å². The second kappa shape index (κ2) is 16.6. The SMILES string of the molecule is CCOC(=O)c1sc(NC(=O)CSc2nnc(CNC(=O)Cc3ccc(OC)cc3)n2-c2ccccc2OC)c(C(=O)OCC)c1C. The highest BCUT2D eigenvalue weighted by Gasteiger charge is 2.28. The summed E-state index contributed by atoms with van der Waals surface area (Å²) in [6.45, 7) is 5.28. The van der Waals surface area contributed by atoms with Crippen LogP contribution in [0.4, 0.5) is 5.00 Å². The van der Waals surface area contributed by atoms with Crippen molar-refractivity contribution in [3.63, 3.8) is 0 Å². The van der Waals surface area contributed by atoms with Gasteiger partial charge in [0.2, 0.25) is 11.8 Å². The number of anilines is 1. The van der Waals surface area contributed by atoms with Gasteiger partial charge < -0.3 is 29.6 Å². The molecule has 4 aromatic rings. The lowest BCUT2D eigenvalue weighted by Crippen LogP contribution is -2.26. The molecular formula is C32H35N5O8S2. The molecular weight excluding hydrogens is 647 g/mol. The standard InChI is InChI=1S/C32H35N5O8S2/c1-6-44-30(40)27-19(3)28(31(41)45-7-2)47-29(27)34-26(39)18-46-32-36-35-24(37(32)22-10-8-9-11-23(22)43-5)17-33-25(38)16-20-12-14-21(42-4)15-13-20/h8-15H,6-7,16-18H2,1-5H3,(H,33,38)(H,34,39). The Morgan fingerprint density at radius 3 is 2.28 bits per heavy atom. The van der Waals surface area contributed by atoms with Gasteiger partial charge in [-0.2, -0.15) is 0 Å². The molecule has 0 radical (unpaired) electrons. The minimum Gasteiger partial charge on any atom is -0.497 e. The lowest BCUT2D eigenvalue weighted by atomic mass is 10.1. The average Bonchev–Trinajstić information content (AvgIpc) is 3.63. The fraction of sp³-hybridized carbons (Fsp3) is 0.312. The van der Waals surface area contributed by atoms with Crippen molar-refractivity contribution in [2.75, 3.05) is 38.5 Å². The van der Waals surface area contributed by atoms with Crippen LogP contribution in [0.5, 0.6) is 11.5 Å². The topological polar surface area (TPSA) is 160 Å². The Kier molecular flexibility index (Phi) is 12.4. The lowest BCUT2D eigenvalue weighted by Gasteiger charge is -2.14. The van der Waals surface area contributed by atoms with Gasteiger partial charge in [0.15, 0.2) is 11.0 Å². The smallest absolute Gasteiger partial charge is 0.348 e. The highest BCUT2D eigenvalue weighted by molar-refractivity contribution is 7.99. The minimum atomic E-state index is -0.658. The molecule has 4 rings (SSSR count). The first kappa shape index (κ1) is 35.0. The number of carbonyl (C=O) groups is 4. The first-order valence-electron chi connectivity index (χ1n) is 14.6. The van der Waals surface area contributed by atoms with Gasteiger partial charge >= 0.3 is 11.9 Å². The minimum absolute atomic E-state index is 0.0564. The van der Waals surface area contributed by atoms with E-state index in [0.717, 1.165) is 28.7 Å². The summed E-state index contributed by atoms with van der Waals surface area (Å²) in [6, 6.07) is 14.4. The Morgan fingerprint density at radius 1 is 0.894 bits per heavy atom. The van der Waals surface area contributed by atoms with Gasteiger partial charge in [-0.3, -0.25) is 14.2 Å². The second-order valence-electron chi connectivity index (χ2n) is 9.75. The van der Waals surface area contributed by atoms with Crippen molar-refractivity contribution >= 4 is 51.9 Å². The van der Waals surface area contributed by atoms with Gasteiger partial charge in [-0.15, -0.1) is 21.5 Å². The van der Waals surface area contributed by atoms with Crippen molar-refractivity contribution in [3.8, 4) is 17.2 Å². The van der Waals surface area contributed by atoms with E-state index in [2.05, 4.69) is 20.8 Å². The van der Waals surface area contributed by atoms with Crippen LogP contribution in [0.2, 0.25) is 0 Å². The van der Waals surface area contributed by atoms with Crippen molar-refractivity contribution in [1.29, 1.82) is 0 Å².